The van der Waals surface area contributed by atoms with E-state index in [-0.39, 0.29) is 6.09 Å². The molecule has 0 saturated carbocycles. The van der Waals surface area contributed by atoms with Gasteiger partial charge < -0.3 is 9.72 Å². The number of aromatic amines is 1. The molecule has 5 aromatic rings. The molecule has 3 heterocycles. The summed E-state index contributed by atoms with van der Waals surface area (Å²) in [6, 6.07) is 26.6. The van der Waals surface area contributed by atoms with Crippen LogP contribution in [0.5, 0.6) is 0 Å². The van der Waals surface area contributed by atoms with Crippen LogP contribution in [0.3, 0.4) is 0 Å². The van der Waals surface area contributed by atoms with Crippen molar-refractivity contribution in [2.45, 2.75) is 0 Å². The number of anilines is 1. The molecule has 1 N–H and O–H groups in total. The van der Waals surface area contributed by atoms with Crippen molar-refractivity contribution in [3.8, 4) is 22.5 Å². The van der Waals surface area contributed by atoms with Gasteiger partial charge in [-0.1, -0.05) is 60.7 Å². The van der Waals surface area contributed by atoms with Gasteiger partial charge in [0.05, 0.1) is 29.1 Å². The Balaban J connectivity index is 1.65. The Morgan fingerprint density at radius 2 is 1.77 bits per heavy atom. The fraction of sp³-hybridized carbons (Fsp3) is 0.0769. The van der Waals surface area contributed by atoms with E-state index >= 15 is 0 Å². The molecule has 0 spiro atoms. The summed E-state index contributed by atoms with van der Waals surface area (Å²) < 4.78 is 5.27. The molecule has 0 radical (unpaired) electrons. The van der Waals surface area contributed by atoms with E-state index in [1.807, 2.05) is 42.5 Å². The summed E-state index contributed by atoms with van der Waals surface area (Å²) in [6.07, 6.45) is 1.48. The van der Waals surface area contributed by atoms with Crippen LogP contribution in [0.1, 0.15) is 0 Å². The summed E-state index contributed by atoms with van der Waals surface area (Å²) in [5, 5.41) is 3.31. The van der Waals surface area contributed by atoms with Crippen LogP contribution in [0.2, 0.25) is 0 Å². The minimum absolute atomic E-state index is 0.314. The highest BCUT2D eigenvalue weighted by Crippen LogP contribution is 2.42. The fourth-order valence-electron chi connectivity index (χ4n) is 4.37. The molecule has 2 aromatic heterocycles. The highest BCUT2D eigenvalue weighted by molar-refractivity contribution is 6.12. The van der Waals surface area contributed by atoms with Gasteiger partial charge >= 0.3 is 6.09 Å². The number of para-hydroxylation sites is 1. The van der Waals surface area contributed by atoms with E-state index in [0.717, 1.165) is 44.5 Å². The van der Waals surface area contributed by atoms with Crippen LogP contribution in [0, 0.1) is 0 Å². The van der Waals surface area contributed by atoms with E-state index < -0.39 is 0 Å². The number of rotatable bonds is 3. The second-order valence-electron chi connectivity index (χ2n) is 7.62. The normalized spacial score (nSPS) is 13.8. The van der Waals surface area contributed by atoms with Gasteiger partial charge in [-0.25, -0.2) is 4.79 Å². The van der Waals surface area contributed by atoms with Gasteiger partial charge in [0.25, 0.3) is 0 Å². The number of cyclic esters (lactones) is 1. The van der Waals surface area contributed by atoms with Crippen molar-refractivity contribution in [1.29, 1.82) is 0 Å². The van der Waals surface area contributed by atoms with Crippen LogP contribution in [0.25, 0.3) is 44.2 Å². The number of H-pyrrole nitrogens is 1. The van der Waals surface area contributed by atoms with Crippen LogP contribution in [-0.2, 0) is 4.74 Å². The Labute approximate surface area is 178 Å². The summed E-state index contributed by atoms with van der Waals surface area (Å²) in [5.74, 6) is 0. The van der Waals surface area contributed by atoms with Gasteiger partial charge in [-0.2, -0.15) is 0 Å². The number of amides is 1. The Kier molecular flexibility index (Phi) is 3.99. The zero-order valence-corrected chi connectivity index (χ0v) is 16.7. The lowest BCUT2D eigenvalue weighted by molar-refractivity contribution is 0.181. The molecule has 1 aliphatic rings. The Morgan fingerprint density at radius 3 is 2.58 bits per heavy atom. The third-order valence-electron chi connectivity index (χ3n) is 5.82. The third kappa shape index (κ3) is 2.86. The Morgan fingerprint density at radius 1 is 0.903 bits per heavy atom. The quantitative estimate of drug-likeness (QED) is 0.400. The van der Waals surface area contributed by atoms with Crippen molar-refractivity contribution in [3.63, 3.8) is 0 Å². The smallest absolute Gasteiger partial charge is 0.414 e. The molecule has 1 fully saturated rings. The zero-order chi connectivity index (χ0) is 20.8. The average Bonchev–Trinajstić information content (AvgIpc) is 3.42. The summed E-state index contributed by atoms with van der Waals surface area (Å²) in [6.45, 7) is 0.919. The van der Waals surface area contributed by atoms with E-state index in [9.17, 15) is 4.79 Å². The molecule has 1 amide bonds. The molecule has 0 atom stereocenters. The van der Waals surface area contributed by atoms with Crippen molar-refractivity contribution in [1.82, 2.24) is 9.97 Å². The van der Waals surface area contributed by atoms with Gasteiger partial charge in [-0.05, 0) is 29.0 Å². The van der Waals surface area contributed by atoms with E-state index in [1.165, 1.54) is 5.39 Å². The molecule has 3 aromatic carbocycles. The maximum absolute atomic E-state index is 12.5. The molecule has 0 aliphatic carbocycles. The second kappa shape index (κ2) is 6.99. The van der Waals surface area contributed by atoms with Crippen molar-refractivity contribution in [2.75, 3.05) is 18.1 Å². The van der Waals surface area contributed by atoms with Gasteiger partial charge in [0.2, 0.25) is 0 Å². The first kappa shape index (κ1) is 17.7. The first-order valence-corrected chi connectivity index (χ1v) is 10.3. The monoisotopic (exact) mass is 405 g/mol. The lowest BCUT2D eigenvalue weighted by Gasteiger charge is -2.15. The van der Waals surface area contributed by atoms with E-state index in [0.29, 0.717) is 13.2 Å². The van der Waals surface area contributed by atoms with Crippen LogP contribution in [0.4, 0.5) is 10.5 Å². The highest BCUT2D eigenvalue weighted by Gasteiger charge is 2.30. The number of nitrogens with zero attached hydrogens (tertiary/aromatic N) is 2. The number of carbonyl (C=O) groups excluding carboxylic acids is 1. The summed E-state index contributed by atoms with van der Waals surface area (Å²) in [7, 11) is 0. The van der Waals surface area contributed by atoms with Crippen LogP contribution >= 0.6 is 0 Å². The lowest BCUT2D eigenvalue weighted by atomic mass is 10.0. The zero-order valence-electron chi connectivity index (χ0n) is 16.7. The molecule has 5 heteroatoms. The number of benzene rings is 3. The largest absolute Gasteiger partial charge is 0.447 e. The second-order valence-corrected chi connectivity index (χ2v) is 7.62. The minimum Gasteiger partial charge on any atom is -0.447 e. The van der Waals surface area contributed by atoms with Crippen molar-refractivity contribution >= 4 is 33.5 Å². The topological polar surface area (TPSA) is 58.2 Å². The number of carbonyl (C=O) groups is 1. The summed E-state index contributed by atoms with van der Waals surface area (Å²) in [5.41, 5.74) is 5.62. The van der Waals surface area contributed by atoms with Crippen molar-refractivity contribution in [3.05, 3.63) is 85.1 Å². The molecule has 6 rings (SSSR count). The number of hydrogen-bond acceptors (Lipinski definition) is 3. The highest BCUT2D eigenvalue weighted by atomic mass is 16.6. The minimum atomic E-state index is -0.314. The number of ether oxygens (including phenoxy) is 1. The number of pyridine rings is 1. The number of nitrogens with one attached hydrogen (secondary N) is 1. The molecule has 1 saturated heterocycles. The van der Waals surface area contributed by atoms with Crippen LogP contribution in [0.15, 0.2) is 85.1 Å². The van der Waals surface area contributed by atoms with Crippen LogP contribution in [-0.4, -0.2) is 29.2 Å². The van der Waals surface area contributed by atoms with Gasteiger partial charge in [0.15, 0.2) is 0 Å². The first-order valence-electron chi connectivity index (χ1n) is 10.3. The van der Waals surface area contributed by atoms with Crippen molar-refractivity contribution in [2.24, 2.45) is 0 Å². The molecular formula is C26H19N3O2. The predicted molar refractivity (Wildman–Crippen MR) is 123 cm³/mol. The molecule has 1 aliphatic heterocycles. The Hall–Kier alpha value is -4.12. The van der Waals surface area contributed by atoms with E-state index in [2.05, 4.69) is 46.4 Å². The van der Waals surface area contributed by atoms with Gasteiger partial charge in [0.1, 0.15) is 6.61 Å². The number of hydrogen-bond donors (Lipinski definition) is 1. The summed E-state index contributed by atoms with van der Waals surface area (Å²) in [4.78, 5) is 22.4. The SMILES string of the molecule is O=C1OCCN1c1c(-c2ccc3ccccc3c2)[nH]c2c(-c3ccccn3)cccc12. The molecule has 150 valence electrons. The third-order valence-corrected chi connectivity index (χ3v) is 5.82. The number of fused-ring (bicyclic) bond motifs is 2. The van der Waals surface area contributed by atoms with Crippen molar-refractivity contribution < 1.29 is 9.53 Å². The molecule has 0 unspecified atom stereocenters. The number of aromatic nitrogens is 2. The molecular weight excluding hydrogens is 386 g/mol. The molecule has 5 nitrogen and oxygen atoms in total. The van der Waals surface area contributed by atoms with Crippen LogP contribution < -0.4 is 4.90 Å². The lowest BCUT2D eigenvalue weighted by Crippen LogP contribution is -2.23. The predicted octanol–water partition coefficient (Wildman–Crippen LogP) is 6.01. The first-order chi connectivity index (χ1) is 15.3. The van der Waals surface area contributed by atoms with E-state index in [1.54, 1.807) is 11.1 Å². The average molecular weight is 405 g/mol. The van der Waals surface area contributed by atoms with Gasteiger partial charge in [-0.3, -0.25) is 9.88 Å². The van der Waals surface area contributed by atoms with Gasteiger partial charge in [-0.15, -0.1) is 0 Å². The maximum Gasteiger partial charge on any atom is 0.414 e. The molecule has 0 bridgehead atoms. The standard InChI is InChI=1S/C26H19N3O2/c30-26-29(14-15-31-26)25-21-9-5-8-20(22-10-3-4-13-27-22)24(21)28-23(25)19-12-11-17-6-1-2-7-18(17)16-19/h1-13,16,28H,14-15H2. The Bertz CT molecular complexity index is 1440. The fourth-order valence-corrected chi connectivity index (χ4v) is 4.37. The molecule has 31 heavy (non-hydrogen) atoms. The maximum atomic E-state index is 12.5. The summed E-state index contributed by atoms with van der Waals surface area (Å²) >= 11 is 0. The van der Waals surface area contributed by atoms with Gasteiger partial charge in [0, 0.05) is 22.7 Å². The van der Waals surface area contributed by atoms with E-state index in [4.69, 9.17) is 4.74 Å².